The number of benzene rings is 1. The van der Waals surface area contributed by atoms with E-state index in [4.69, 9.17) is 9.51 Å². The summed E-state index contributed by atoms with van der Waals surface area (Å²) in [5.41, 5.74) is 4.05. The summed E-state index contributed by atoms with van der Waals surface area (Å²) < 4.78 is 9.26. The lowest BCUT2D eigenvalue weighted by Gasteiger charge is -2.18. The fourth-order valence-corrected chi connectivity index (χ4v) is 4.46. The predicted octanol–water partition coefficient (Wildman–Crippen LogP) is 4.20. The molecule has 3 aromatic heterocycles. The Morgan fingerprint density at radius 3 is 2.73 bits per heavy atom. The van der Waals surface area contributed by atoms with Crippen molar-refractivity contribution >= 4 is 22.5 Å². The van der Waals surface area contributed by atoms with E-state index in [9.17, 15) is 4.79 Å². The number of fused-ring (bicyclic) bond motifs is 2. The minimum absolute atomic E-state index is 0.0355. The van der Waals surface area contributed by atoms with Crippen LogP contribution in [0.15, 0.2) is 45.7 Å². The van der Waals surface area contributed by atoms with E-state index in [2.05, 4.69) is 54.8 Å². The standard InChI is InChI=1S/C25H28N6O2/c1-25(2,3)20-13-22(29-33-20)31-23-19(24(32)30(31)18-6-7-18)8-9-21(28-23)27-17-5-4-15-10-11-26-14-16(15)12-17/h4-5,8-9,12-13,18,26H,6-7,10-11,14H2,1-3H3,(H,27,28). The van der Waals surface area contributed by atoms with Gasteiger partial charge in [-0.15, -0.1) is 0 Å². The zero-order valence-electron chi connectivity index (χ0n) is 19.2. The van der Waals surface area contributed by atoms with Crippen LogP contribution in [-0.2, 0) is 18.4 Å². The molecule has 1 saturated carbocycles. The van der Waals surface area contributed by atoms with Crippen molar-refractivity contribution in [2.24, 2.45) is 0 Å². The Hall–Kier alpha value is -3.39. The van der Waals surface area contributed by atoms with Crippen LogP contribution in [-0.4, -0.2) is 26.0 Å². The number of anilines is 2. The molecule has 0 unspecified atom stereocenters. The van der Waals surface area contributed by atoms with Crippen molar-refractivity contribution in [1.82, 2.24) is 24.8 Å². The maximum absolute atomic E-state index is 13.3. The Morgan fingerprint density at radius 2 is 1.97 bits per heavy atom. The van der Waals surface area contributed by atoms with Crippen LogP contribution >= 0.6 is 0 Å². The Labute approximate surface area is 191 Å². The average molecular weight is 445 g/mol. The van der Waals surface area contributed by atoms with Gasteiger partial charge in [-0.05, 0) is 61.2 Å². The monoisotopic (exact) mass is 444 g/mol. The van der Waals surface area contributed by atoms with Crippen molar-refractivity contribution in [1.29, 1.82) is 0 Å². The van der Waals surface area contributed by atoms with Crippen LogP contribution in [0.3, 0.4) is 0 Å². The van der Waals surface area contributed by atoms with Crippen molar-refractivity contribution in [2.45, 2.75) is 58.0 Å². The maximum atomic E-state index is 13.3. The lowest BCUT2D eigenvalue weighted by atomic mass is 9.93. The van der Waals surface area contributed by atoms with Gasteiger partial charge >= 0.3 is 0 Å². The number of pyridine rings is 1. The van der Waals surface area contributed by atoms with E-state index >= 15 is 0 Å². The summed E-state index contributed by atoms with van der Waals surface area (Å²) in [5.74, 6) is 2.04. The number of nitrogens with zero attached hydrogens (tertiary/aromatic N) is 4. The topological polar surface area (TPSA) is 89.9 Å². The van der Waals surface area contributed by atoms with E-state index in [1.54, 1.807) is 4.68 Å². The highest BCUT2D eigenvalue weighted by molar-refractivity contribution is 5.79. The van der Waals surface area contributed by atoms with Gasteiger partial charge in [-0.3, -0.25) is 4.79 Å². The minimum Gasteiger partial charge on any atom is -0.359 e. The summed E-state index contributed by atoms with van der Waals surface area (Å²) in [6.45, 7) is 8.13. The molecule has 2 N–H and O–H groups in total. The van der Waals surface area contributed by atoms with E-state index in [-0.39, 0.29) is 17.0 Å². The Kier molecular flexibility index (Phi) is 4.48. The van der Waals surface area contributed by atoms with Crippen molar-refractivity contribution in [3.05, 3.63) is 63.6 Å². The van der Waals surface area contributed by atoms with Crippen molar-refractivity contribution < 1.29 is 4.52 Å². The summed E-state index contributed by atoms with van der Waals surface area (Å²) >= 11 is 0. The fourth-order valence-electron chi connectivity index (χ4n) is 4.46. The highest BCUT2D eigenvalue weighted by Crippen LogP contribution is 2.36. The zero-order chi connectivity index (χ0) is 22.7. The van der Waals surface area contributed by atoms with Crippen LogP contribution in [0.5, 0.6) is 0 Å². The van der Waals surface area contributed by atoms with Crippen LogP contribution in [0.4, 0.5) is 11.5 Å². The Balaban J connectivity index is 1.44. The smallest absolute Gasteiger partial charge is 0.276 e. The van der Waals surface area contributed by atoms with Crippen molar-refractivity contribution in [3.63, 3.8) is 0 Å². The molecule has 4 aromatic rings. The second-order valence-electron chi connectivity index (χ2n) is 10.1. The Morgan fingerprint density at radius 1 is 1.12 bits per heavy atom. The molecule has 170 valence electrons. The highest BCUT2D eigenvalue weighted by Gasteiger charge is 2.32. The van der Waals surface area contributed by atoms with Crippen LogP contribution in [0.1, 0.15) is 56.5 Å². The number of rotatable bonds is 4. The second kappa shape index (κ2) is 7.31. The lowest BCUT2D eigenvalue weighted by molar-refractivity contribution is 0.326. The summed E-state index contributed by atoms with van der Waals surface area (Å²) in [4.78, 5) is 18.1. The summed E-state index contributed by atoms with van der Waals surface area (Å²) in [6, 6.07) is 12.2. The molecular weight excluding hydrogens is 416 g/mol. The van der Waals surface area contributed by atoms with Gasteiger partial charge in [0.1, 0.15) is 11.6 Å². The minimum atomic E-state index is -0.180. The molecule has 8 nitrogen and oxygen atoms in total. The third-order valence-electron chi connectivity index (χ3n) is 6.44. The third kappa shape index (κ3) is 3.54. The van der Waals surface area contributed by atoms with Gasteiger partial charge < -0.3 is 15.2 Å². The van der Waals surface area contributed by atoms with Crippen LogP contribution in [0.2, 0.25) is 0 Å². The molecule has 0 saturated heterocycles. The first-order valence-electron chi connectivity index (χ1n) is 11.6. The molecule has 1 fully saturated rings. The summed E-state index contributed by atoms with van der Waals surface area (Å²) in [6.07, 6.45) is 3.01. The maximum Gasteiger partial charge on any atom is 0.276 e. The molecule has 2 aliphatic rings. The van der Waals surface area contributed by atoms with Gasteiger partial charge in [0.05, 0.1) is 11.4 Å². The fraction of sp³-hybridized carbons (Fsp3) is 0.400. The summed E-state index contributed by atoms with van der Waals surface area (Å²) in [7, 11) is 0. The van der Waals surface area contributed by atoms with E-state index in [0.29, 0.717) is 22.7 Å². The quantitative estimate of drug-likeness (QED) is 0.490. The first kappa shape index (κ1) is 20.2. The van der Waals surface area contributed by atoms with Crippen molar-refractivity contribution in [3.8, 4) is 5.82 Å². The molecule has 33 heavy (non-hydrogen) atoms. The second-order valence-corrected chi connectivity index (χ2v) is 10.1. The van der Waals surface area contributed by atoms with E-state index in [1.807, 2.05) is 22.9 Å². The molecule has 0 spiro atoms. The molecule has 1 aromatic carbocycles. The predicted molar refractivity (Wildman–Crippen MR) is 127 cm³/mol. The normalized spacial score (nSPS) is 16.2. The van der Waals surface area contributed by atoms with Crippen LogP contribution in [0, 0.1) is 0 Å². The molecule has 0 bridgehead atoms. The highest BCUT2D eigenvalue weighted by atomic mass is 16.5. The van der Waals surface area contributed by atoms with E-state index in [0.717, 1.165) is 43.8 Å². The molecule has 0 amide bonds. The number of aromatic nitrogens is 4. The molecule has 0 atom stereocenters. The lowest BCUT2D eigenvalue weighted by Crippen LogP contribution is -2.23. The van der Waals surface area contributed by atoms with E-state index in [1.165, 1.54) is 11.1 Å². The largest absolute Gasteiger partial charge is 0.359 e. The molecule has 1 aliphatic heterocycles. The van der Waals surface area contributed by atoms with Gasteiger partial charge in [-0.1, -0.05) is 32.0 Å². The molecular formula is C25H28N6O2. The third-order valence-corrected chi connectivity index (χ3v) is 6.44. The summed E-state index contributed by atoms with van der Waals surface area (Å²) in [5, 5.41) is 11.7. The zero-order valence-corrected chi connectivity index (χ0v) is 19.2. The molecule has 6 rings (SSSR count). The van der Waals surface area contributed by atoms with Gasteiger partial charge in [0, 0.05) is 23.7 Å². The molecule has 0 radical (unpaired) electrons. The molecule has 1 aliphatic carbocycles. The van der Waals surface area contributed by atoms with Gasteiger partial charge in [0.2, 0.25) is 0 Å². The SMILES string of the molecule is CC(C)(C)c1cc(-n2c3nc(Nc4ccc5c(c4)CNCC5)ccc3c(=O)n2C2CC2)no1. The molecule has 4 heterocycles. The first-order valence-corrected chi connectivity index (χ1v) is 11.6. The van der Waals surface area contributed by atoms with Crippen molar-refractivity contribution in [2.75, 3.05) is 11.9 Å². The van der Waals surface area contributed by atoms with Gasteiger partial charge in [-0.25, -0.2) is 14.3 Å². The van der Waals surface area contributed by atoms with Gasteiger partial charge in [0.25, 0.3) is 5.56 Å². The van der Waals surface area contributed by atoms with Crippen LogP contribution < -0.4 is 16.2 Å². The number of nitrogens with one attached hydrogen (secondary N) is 2. The van der Waals surface area contributed by atoms with Gasteiger partial charge in [0.15, 0.2) is 11.5 Å². The number of hydrogen-bond donors (Lipinski definition) is 2. The van der Waals surface area contributed by atoms with Gasteiger partial charge in [-0.2, -0.15) is 0 Å². The van der Waals surface area contributed by atoms with E-state index < -0.39 is 0 Å². The first-order chi connectivity index (χ1) is 15.9. The molecule has 8 heteroatoms. The average Bonchev–Trinajstić information content (AvgIpc) is 3.42. The Bertz CT molecular complexity index is 1420. The number of hydrogen-bond acceptors (Lipinski definition) is 6. The van der Waals surface area contributed by atoms with Crippen LogP contribution in [0.25, 0.3) is 16.9 Å².